The fourth-order valence-corrected chi connectivity index (χ4v) is 3.50. The second-order valence-electron chi connectivity index (χ2n) is 7.15. The number of anilines is 3. The number of amides is 2. The largest absolute Gasteiger partial charge is 0.371 e. The van der Waals surface area contributed by atoms with Crippen molar-refractivity contribution in [3.05, 3.63) is 53.8 Å². The molecule has 5 nitrogen and oxygen atoms in total. The number of nitrogens with one attached hydrogen (secondary N) is 1. The third-order valence-electron chi connectivity index (χ3n) is 5.34. The van der Waals surface area contributed by atoms with Crippen molar-refractivity contribution >= 4 is 28.9 Å². The number of hydrogen-bond donors (Lipinski definition) is 1. The van der Waals surface area contributed by atoms with Gasteiger partial charge in [0.2, 0.25) is 11.8 Å². The van der Waals surface area contributed by atoms with E-state index in [0.29, 0.717) is 43.8 Å². The average Bonchev–Trinajstić information content (AvgIpc) is 3.48. The number of carbonyl (C=O) groups excluding carboxylic acids is 2. The van der Waals surface area contributed by atoms with Gasteiger partial charge in [-0.25, -0.2) is 13.2 Å². The minimum Gasteiger partial charge on any atom is -0.371 e. The lowest BCUT2D eigenvalue weighted by molar-refractivity contribution is -0.132. The van der Waals surface area contributed by atoms with E-state index in [4.69, 9.17) is 0 Å². The first-order valence-electron chi connectivity index (χ1n) is 8.91. The van der Waals surface area contributed by atoms with E-state index in [2.05, 4.69) is 5.32 Å². The number of para-hydroxylation sites is 2. The molecule has 0 radical (unpaired) electrons. The summed E-state index contributed by atoms with van der Waals surface area (Å²) in [5, 5.41) is 2.26. The molecule has 2 aromatic rings. The summed E-state index contributed by atoms with van der Waals surface area (Å²) in [6, 6.07) is 8.33. The lowest BCUT2D eigenvalue weighted by Gasteiger charge is -2.37. The molecule has 0 bridgehead atoms. The molecular formula is C20H18F3N3O2. The van der Waals surface area contributed by atoms with Gasteiger partial charge in [-0.2, -0.15) is 0 Å². The van der Waals surface area contributed by atoms with Crippen molar-refractivity contribution in [2.75, 3.05) is 35.3 Å². The van der Waals surface area contributed by atoms with Crippen LogP contribution >= 0.6 is 0 Å². The van der Waals surface area contributed by atoms with Crippen LogP contribution in [0.1, 0.15) is 12.8 Å². The molecule has 4 rings (SSSR count). The molecule has 2 aromatic carbocycles. The highest BCUT2D eigenvalue weighted by Gasteiger charge is 2.58. The lowest BCUT2D eigenvalue weighted by atomic mass is 10.0. The van der Waals surface area contributed by atoms with Gasteiger partial charge in [0.1, 0.15) is 11.2 Å². The van der Waals surface area contributed by atoms with E-state index in [-0.39, 0.29) is 5.91 Å². The van der Waals surface area contributed by atoms with E-state index in [1.54, 1.807) is 4.90 Å². The van der Waals surface area contributed by atoms with Crippen LogP contribution in [0.2, 0.25) is 0 Å². The molecule has 1 saturated carbocycles. The number of halogens is 3. The number of rotatable bonds is 3. The Morgan fingerprint density at radius 2 is 1.61 bits per heavy atom. The molecule has 1 aliphatic heterocycles. The zero-order chi connectivity index (χ0) is 20.1. The molecule has 0 spiro atoms. The SMILES string of the molecule is CN1CCN(C(=O)C2(C(=O)Nc3cc(F)c(F)cc3F)CC2)c2ccccc21. The molecule has 2 amide bonds. The van der Waals surface area contributed by atoms with Crippen LogP contribution in [-0.4, -0.2) is 32.0 Å². The molecule has 8 heteroatoms. The van der Waals surface area contributed by atoms with E-state index in [0.717, 1.165) is 5.69 Å². The van der Waals surface area contributed by atoms with E-state index < -0.39 is 34.5 Å². The Morgan fingerprint density at radius 3 is 2.29 bits per heavy atom. The highest BCUT2D eigenvalue weighted by Crippen LogP contribution is 2.50. The Morgan fingerprint density at radius 1 is 0.964 bits per heavy atom. The van der Waals surface area contributed by atoms with Gasteiger partial charge in [0.15, 0.2) is 11.6 Å². The lowest BCUT2D eigenvalue weighted by Crippen LogP contribution is -2.48. The van der Waals surface area contributed by atoms with Crippen molar-refractivity contribution in [1.82, 2.24) is 0 Å². The highest BCUT2D eigenvalue weighted by atomic mass is 19.2. The molecule has 0 atom stereocenters. The number of likely N-dealkylation sites (N-methyl/N-ethyl adjacent to an activating group) is 1. The van der Waals surface area contributed by atoms with Gasteiger partial charge >= 0.3 is 0 Å². The number of hydrogen-bond acceptors (Lipinski definition) is 3. The Labute approximate surface area is 159 Å². The minimum atomic E-state index is -1.35. The van der Waals surface area contributed by atoms with Gasteiger partial charge in [0.25, 0.3) is 0 Å². The van der Waals surface area contributed by atoms with Crippen LogP contribution < -0.4 is 15.1 Å². The first-order valence-corrected chi connectivity index (χ1v) is 8.91. The minimum absolute atomic E-state index is 0.317. The van der Waals surface area contributed by atoms with Crippen molar-refractivity contribution in [3.63, 3.8) is 0 Å². The highest BCUT2D eigenvalue weighted by molar-refractivity contribution is 6.18. The predicted octanol–water partition coefficient (Wildman–Crippen LogP) is 3.31. The number of carbonyl (C=O) groups is 2. The van der Waals surface area contributed by atoms with Crippen molar-refractivity contribution in [1.29, 1.82) is 0 Å². The third-order valence-corrected chi connectivity index (χ3v) is 5.34. The molecule has 0 saturated heterocycles. The van der Waals surface area contributed by atoms with Gasteiger partial charge in [0.05, 0.1) is 17.1 Å². The summed E-state index contributed by atoms with van der Waals surface area (Å²) in [6.45, 7) is 1.03. The molecule has 1 fully saturated rings. The van der Waals surface area contributed by atoms with Crippen LogP contribution in [0.5, 0.6) is 0 Å². The van der Waals surface area contributed by atoms with Gasteiger partial charge < -0.3 is 15.1 Å². The first kappa shape index (κ1) is 18.3. The second kappa shape index (κ2) is 6.54. The van der Waals surface area contributed by atoms with Crippen LogP contribution in [0.3, 0.4) is 0 Å². The molecule has 28 heavy (non-hydrogen) atoms. The monoisotopic (exact) mass is 389 g/mol. The van der Waals surface area contributed by atoms with Gasteiger partial charge in [-0.15, -0.1) is 0 Å². The quantitative estimate of drug-likeness (QED) is 0.647. The fraction of sp³-hybridized carbons (Fsp3) is 0.300. The molecule has 146 valence electrons. The third kappa shape index (κ3) is 2.89. The summed E-state index contributed by atoms with van der Waals surface area (Å²) in [5.74, 6) is -4.80. The summed E-state index contributed by atoms with van der Waals surface area (Å²) >= 11 is 0. The van der Waals surface area contributed by atoms with E-state index >= 15 is 0 Å². The predicted molar refractivity (Wildman–Crippen MR) is 98.7 cm³/mol. The summed E-state index contributed by atoms with van der Waals surface area (Å²) in [6.07, 6.45) is 0.634. The van der Waals surface area contributed by atoms with E-state index in [9.17, 15) is 22.8 Å². The maximum absolute atomic E-state index is 13.9. The Kier molecular flexibility index (Phi) is 4.28. The summed E-state index contributed by atoms with van der Waals surface area (Å²) in [4.78, 5) is 29.6. The van der Waals surface area contributed by atoms with Crippen molar-refractivity contribution in [2.24, 2.45) is 5.41 Å². The Bertz CT molecular complexity index is 975. The van der Waals surface area contributed by atoms with Gasteiger partial charge in [-0.05, 0) is 25.0 Å². The Hall–Kier alpha value is -3.03. The zero-order valence-corrected chi connectivity index (χ0v) is 15.1. The topological polar surface area (TPSA) is 52.7 Å². The summed E-state index contributed by atoms with van der Waals surface area (Å²) < 4.78 is 40.4. The molecule has 2 aliphatic rings. The molecule has 1 heterocycles. The van der Waals surface area contributed by atoms with E-state index in [1.165, 1.54) is 0 Å². The van der Waals surface area contributed by atoms with Crippen LogP contribution in [0.15, 0.2) is 36.4 Å². The van der Waals surface area contributed by atoms with Crippen LogP contribution in [-0.2, 0) is 9.59 Å². The van der Waals surface area contributed by atoms with Crippen molar-refractivity contribution in [2.45, 2.75) is 12.8 Å². The molecule has 1 aliphatic carbocycles. The molecule has 1 N–H and O–H groups in total. The molecule has 0 aromatic heterocycles. The summed E-state index contributed by atoms with van der Waals surface area (Å²) in [7, 11) is 1.92. The van der Waals surface area contributed by atoms with Crippen LogP contribution in [0.25, 0.3) is 0 Å². The van der Waals surface area contributed by atoms with Gasteiger partial charge in [-0.1, -0.05) is 12.1 Å². The average molecular weight is 389 g/mol. The van der Waals surface area contributed by atoms with Gasteiger partial charge in [0, 0.05) is 32.3 Å². The van der Waals surface area contributed by atoms with Crippen LogP contribution in [0.4, 0.5) is 30.2 Å². The number of nitrogens with zero attached hydrogens (tertiary/aromatic N) is 2. The fourth-order valence-electron chi connectivity index (χ4n) is 3.50. The normalized spacial score (nSPS) is 17.1. The standard InChI is InChI=1S/C20H18F3N3O2/c1-25-8-9-26(17-5-3-2-4-16(17)25)19(28)20(6-7-20)18(27)24-15-11-13(22)12(21)10-14(15)23/h2-5,10-11H,6-9H2,1H3,(H,24,27). The van der Waals surface area contributed by atoms with Crippen LogP contribution in [0, 0.1) is 22.9 Å². The van der Waals surface area contributed by atoms with E-state index in [1.807, 2.05) is 36.2 Å². The first-order chi connectivity index (χ1) is 13.3. The van der Waals surface area contributed by atoms with Crippen molar-refractivity contribution in [3.8, 4) is 0 Å². The smallest absolute Gasteiger partial charge is 0.242 e. The Balaban J connectivity index is 1.59. The summed E-state index contributed by atoms with van der Waals surface area (Å²) in [5.41, 5.74) is -0.216. The number of benzene rings is 2. The maximum Gasteiger partial charge on any atom is 0.242 e. The molecule has 0 unspecified atom stereocenters. The zero-order valence-electron chi connectivity index (χ0n) is 15.1. The number of fused-ring (bicyclic) bond motifs is 1. The second-order valence-corrected chi connectivity index (χ2v) is 7.15. The maximum atomic E-state index is 13.9. The molecular weight excluding hydrogens is 371 g/mol. The van der Waals surface area contributed by atoms with Crippen molar-refractivity contribution < 1.29 is 22.8 Å². The van der Waals surface area contributed by atoms with Gasteiger partial charge in [-0.3, -0.25) is 9.59 Å².